The largest absolute Gasteiger partial charge is 0.309 e. The molecule has 0 N–H and O–H groups in total. The molecule has 262 valence electrons. The van der Waals surface area contributed by atoms with E-state index in [1.54, 1.807) is 0 Å². The van der Waals surface area contributed by atoms with Crippen LogP contribution in [-0.2, 0) is 0 Å². The molecule has 0 spiro atoms. The third kappa shape index (κ3) is 5.26. The van der Waals surface area contributed by atoms with Gasteiger partial charge in [-0.1, -0.05) is 164 Å². The lowest BCUT2D eigenvalue weighted by Gasteiger charge is -2.21. The molecule has 1 unspecified atom stereocenters. The standard InChI is InChI=1S/C52H34N4/c1-5-17-34(18-6-1)39-30-29-37(52-54-50(35-19-7-2-8-20-35)53-51(55-52)36-21-9-3-10-22-36)31-45(39)49-42-27-14-13-25-40(42)43-32-44-41-26-15-16-28-47(41)56(48(44)33-46(43)49)38-23-11-4-12-24-38/h1-33,49H. The predicted molar refractivity (Wildman–Crippen MR) is 229 cm³/mol. The average Bonchev–Trinajstić information content (AvgIpc) is 3.78. The molecule has 56 heavy (non-hydrogen) atoms. The number of rotatable bonds is 6. The Morgan fingerprint density at radius 2 is 0.857 bits per heavy atom. The fourth-order valence-electron chi connectivity index (χ4n) is 8.61. The van der Waals surface area contributed by atoms with Gasteiger partial charge in [-0.15, -0.1) is 0 Å². The van der Waals surface area contributed by atoms with Crippen LogP contribution in [0.5, 0.6) is 0 Å². The zero-order valence-corrected chi connectivity index (χ0v) is 30.4. The quantitative estimate of drug-likeness (QED) is 0.172. The molecule has 10 aromatic rings. The van der Waals surface area contributed by atoms with Crippen molar-refractivity contribution in [2.75, 3.05) is 0 Å². The van der Waals surface area contributed by atoms with Gasteiger partial charge in [-0.2, -0.15) is 0 Å². The first-order valence-electron chi connectivity index (χ1n) is 19.1. The Morgan fingerprint density at radius 3 is 1.54 bits per heavy atom. The highest BCUT2D eigenvalue weighted by atomic mass is 15.0. The summed E-state index contributed by atoms with van der Waals surface area (Å²) < 4.78 is 2.42. The van der Waals surface area contributed by atoms with Gasteiger partial charge in [-0.05, 0) is 75.3 Å². The third-order valence-corrected chi connectivity index (χ3v) is 11.1. The molecule has 11 rings (SSSR count). The van der Waals surface area contributed by atoms with Crippen LogP contribution in [0, 0.1) is 0 Å². The summed E-state index contributed by atoms with van der Waals surface area (Å²) in [6.45, 7) is 0. The van der Waals surface area contributed by atoms with E-state index < -0.39 is 0 Å². The smallest absolute Gasteiger partial charge is 0.164 e. The van der Waals surface area contributed by atoms with Crippen LogP contribution in [0.2, 0.25) is 0 Å². The molecule has 1 aliphatic carbocycles. The van der Waals surface area contributed by atoms with Crippen molar-refractivity contribution in [3.8, 4) is 62.1 Å². The molecular formula is C52H34N4. The fraction of sp³-hybridized carbons (Fsp3) is 0.0192. The molecule has 0 saturated carbocycles. The van der Waals surface area contributed by atoms with Gasteiger partial charge in [0.15, 0.2) is 17.5 Å². The maximum absolute atomic E-state index is 5.14. The summed E-state index contributed by atoms with van der Waals surface area (Å²) in [6, 6.07) is 71.1. The van der Waals surface area contributed by atoms with Crippen LogP contribution < -0.4 is 0 Å². The minimum absolute atomic E-state index is 0.0352. The van der Waals surface area contributed by atoms with Crippen molar-refractivity contribution >= 4 is 21.8 Å². The van der Waals surface area contributed by atoms with Crippen molar-refractivity contribution in [3.05, 3.63) is 217 Å². The number of hydrogen-bond acceptors (Lipinski definition) is 3. The second kappa shape index (κ2) is 13.2. The summed E-state index contributed by atoms with van der Waals surface area (Å²) in [5.74, 6) is 1.91. The normalized spacial score (nSPS) is 13.2. The zero-order valence-electron chi connectivity index (χ0n) is 30.4. The first kappa shape index (κ1) is 32.0. The van der Waals surface area contributed by atoms with Gasteiger partial charge < -0.3 is 4.57 Å². The summed E-state index contributed by atoms with van der Waals surface area (Å²) in [6.07, 6.45) is 0. The van der Waals surface area contributed by atoms with E-state index in [0.717, 1.165) is 22.4 Å². The van der Waals surface area contributed by atoms with Crippen LogP contribution in [0.25, 0.3) is 83.9 Å². The molecule has 0 bridgehead atoms. The van der Waals surface area contributed by atoms with E-state index in [1.807, 2.05) is 36.4 Å². The molecule has 1 aliphatic rings. The van der Waals surface area contributed by atoms with Crippen molar-refractivity contribution in [2.45, 2.75) is 5.92 Å². The third-order valence-electron chi connectivity index (χ3n) is 11.1. The van der Waals surface area contributed by atoms with Crippen molar-refractivity contribution < 1.29 is 0 Å². The Hall–Kier alpha value is -7.43. The zero-order chi connectivity index (χ0) is 37.0. The molecule has 0 amide bonds. The van der Waals surface area contributed by atoms with Gasteiger partial charge in [-0.25, -0.2) is 15.0 Å². The Balaban J connectivity index is 1.18. The molecule has 2 heterocycles. The first-order chi connectivity index (χ1) is 27.8. The molecule has 8 aromatic carbocycles. The van der Waals surface area contributed by atoms with Crippen LogP contribution >= 0.6 is 0 Å². The van der Waals surface area contributed by atoms with Gasteiger partial charge in [0.1, 0.15) is 0 Å². The second-order valence-corrected chi connectivity index (χ2v) is 14.4. The maximum Gasteiger partial charge on any atom is 0.164 e. The van der Waals surface area contributed by atoms with Crippen molar-refractivity contribution in [2.24, 2.45) is 0 Å². The van der Waals surface area contributed by atoms with E-state index in [4.69, 9.17) is 15.0 Å². The van der Waals surface area contributed by atoms with Crippen LogP contribution in [0.3, 0.4) is 0 Å². The van der Waals surface area contributed by atoms with E-state index in [9.17, 15) is 0 Å². The Bertz CT molecular complexity index is 3000. The lowest BCUT2D eigenvalue weighted by Crippen LogP contribution is -2.05. The van der Waals surface area contributed by atoms with E-state index >= 15 is 0 Å². The number of aromatic nitrogens is 4. The summed E-state index contributed by atoms with van der Waals surface area (Å²) in [5.41, 5.74) is 15.1. The van der Waals surface area contributed by atoms with Gasteiger partial charge in [-0.3, -0.25) is 0 Å². The highest BCUT2D eigenvalue weighted by molar-refractivity contribution is 6.11. The van der Waals surface area contributed by atoms with E-state index in [-0.39, 0.29) is 5.92 Å². The van der Waals surface area contributed by atoms with Crippen LogP contribution in [-0.4, -0.2) is 19.5 Å². The second-order valence-electron chi connectivity index (χ2n) is 14.4. The summed E-state index contributed by atoms with van der Waals surface area (Å²) in [7, 11) is 0. The predicted octanol–water partition coefficient (Wildman–Crippen LogP) is 12.8. The van der Waals surface area contributed by atoms with Gasteiger partial charge >= 0.3 is 0 Å². The summed E-state index contributed by atoms with van der Waals surface area (Å²) in [4.78, 5) is 15.3. The molecule has 1 atom stereocenters. The highest BCUT2D eigenvalue weighted by Crippen LogP contribution is 2.52. The molecular weight excluding hydrogens is 681 g/mol. The number of fused-ring (bicyclic) bond motifs is 6. The van der Waals surface area contributed by atoms with Crippen LogP contribution in [0.15, 0.2) is 200 Å². The number of benzene rings is 8. The lowest BCUT2D eigenvalue weighted by molar-refractivity contribution is 1.01. The van der Waals surface area contributed by atoms with Crippen molar-refractivity contribution in [3.63, 3.8) is 0 Å². The topological polar surface area (TPSA) is 43.6 Å². The van der Waals surface area contributed by atoms with Crippen LogP contribution in [0.4, 0.5) is 0 Å². The molecule has 0 fully saturated rings. The average molecular weight is 715 g/mol. The van der Waals surface area contributed by atoms with Gasteiger partial charge in [0.05, 0.1) is 11.0 Å². The SMILES string of the molecule is c1ccc(-c2nc(-c3ccccc3)nc(-c3ccc(-c4ccccc4)c(C4c5ccccc5-c5cc6c7ccccc7n(-c7ccccc7)c6cc54)c3)n2)cc1. The maximum atomic E-state index is 5.14. The molecule has 2 aromatic heterocycles. The summed E-state index contributed by atoms with van der Waals surface area (Å²) in [5, 5.41) is 2.50. The first-order valence-corrected chi connectivity index (χ1v) is 19.1. The Kier molecular flexibility index (Phi) is 7.52. The van der Waals surface area contributed by atoms with E-state index in [2.05, 4.69) is 168 Å². The fourth-order valence-corrected chi connectivity index (χ4v) is 8.61. The molecule has 0 saturated heterocycles. The molecule has 0 radical (unpaired) electrons. The highest BCUT2D eigenvalue weighted by Gasteiger charge is 2.33. The number of hydrogen-bond donors (Lipinski definition) is 0. The summed E-state index contributed by atoms with van der Waals surface area (Å²) >= 11 is 0. The Labute approximate surface area is 325 Å². The number of para-hydroxylation sites is 2. The molecule has 4 heteroatoms. The minimum Gasteiger partial charge on any atom is -0.309 e. The minimum atomic E-state index is -0.0352. The van der Waals surface area contributed by atoms with Gasteiger partial charge in [0.2, 0.25) is 0 Å². The van der Waals surface area contributed by atoms with E-state index in [0.29, 0.717) is 17.5 Å². The van der Waals surface area contributed by atoms with Crippen LogP contribution in [0.1, 0.15) is 22.6 Å². The lowest BCUT2D eigenvalue weighted by atomic mass is 9.83. The molecule has 4 nitrogen and oxygen atoms in total. The Morgan fingerprint density at radius 1 is 0.321 bits per heavy atom. The monoisotopic (exact) mass is 714 g/mol. The van der Waals surface area contributed by atoms with Crippen molar-refractivity contribution in [1.82, 2.24) is 19.5 Å². The van der Waals surface area contributed by atoms with Gasteiger partial charge in [0, 0.05) is 39.1 Å². The van der Waals surface area contributed by atoms with Gasteiger partial charge in [0.25, 0.3) is 0 Å². The van der Waals surface area contributed by atoms with E-state index in [1.165, 1.54) is 60.8 Å². The molecule has 0 aliphatic heterocycles. The number of nitrogens with zero attached hydrogens (tertiary/aromatic N) is 4. The van der Waals surface area contributed by atoms with Crippen molar-refractivity contribution in [1.29, 1.82) is 0 Å².